The van der Waals surface area contributed by atoms with E-state index in [4.69, 9.17) is 4.74 Å². The summed E-state index contributed by atoms with van der Waals surface area (Å²) in [6, 6.07) is 6.44. The number of ether oxygens (including phenoxy) is 1. The molecule has 1 aromatic carbocycles. The van der Waals surface area contributed by atoms with E-state index in [2.05, 4.69) is 0 Å². The van der Waals surface area contributed by atoms with Gasteiger partial charge in [0.2, 0.25) is 0 Å². The number of thiophene rings is 1. The fourth-order valence-corrected chi connectivity index (χ4v) is 2.63. The van der Waals surface area contributed by atoms with Crippen LogP contribution in [0.1, 0.15) is 22.1 Å². The average Bonchev–Trinajstić information content (AvgIpc) is 2.82. The van der Waals surface area contributed by atoms with E-state index in [0.29, 0.717) is 6.42 Å². The highest BCUT2D eigenvalue weighted by molar-refractivity contribution is 7.10. The molecule has 96 valence electrons. The average molecular weight is 266 g/mol. The third-order valence-corrected chi connectivity index (χ3v) is 3.90. The van der Waals surface area contributed by atoms with Crippen LogP contribution in [-0.2, 0) is 6.42 Å². The van der Waals surface area contributed by atoms with Crippen LogP contribution in [0, 0.1) is 12.7 Å². The third kappa shape index (κ3) is 2.89. The molecule has 0 aliphatic carbocycles. The SMILES string of the molecule is COc1csc(C(O)Cc2cc(F)ccc2C)c1. The van der Waals surface area contributed by atoms with Gasteiger partial charge in [-0.2, -0.15) is 0 Å². The van der Waals surface area contributed by atoms with Crippen molar-refractivity contribution in [3.05, 3.63) is 51.5 Å². The van der Waals surface area contributed by atoms with Gasteiger partial charge in [-0.05, 0) is 36.2 Å². The Bertz CT molecular complexity index is 536. The third-order valence-electron chi connectivity index (χ3n) is 2.88. The lowest BCUT2D eigenvalue weighted by molar-refractivity contribution is 0.181. The zero-order valence-corrected chi connectivity index (χ0v) is 11.1. The summed E-state index contributed by atoms with van der Waals surface area (Å²) in [5.41, 5.74) is 1.81. The van der Waals surface area contributed by atoms with E-state index in [-0.39, 0.29) is 5.82 Å². The molecule has 1 heterocycles. The molecule has 2 nitrogen and oxygen atoms in total. The van der Waals surface area contributed by atoms with Gasteiger partial charge in [0.15, 0.2) is 0 Å². The Hall–Kier alpha value is -1.39. The van der Waals surface area contributed by atoms with E-state index >= 15 is 0 Å². The van der Waals surface area contributed by atoms with E-state index in [1.165, 1.54) is 23.5 Å². The van der Waals surface area contributed by atoms with Crippen LogP contribution in [0.2, 0.25) is 0 Å². The Balaban J connectivity index is 2.15. The topological polar surface area (TPSA) is 29.5 Å². The molecule has 1 N–H and O–H groups in total. The molecule has 0 amide bonds. The lowest BCUT2D eigenvalue weighted by Gasteiger charge is -2.11. The zero-order chi connectivity index (χ0) is 13.1. The molecule has 1 atom stereocenters. The first-order valence-corrected chi connectivity index (χ1v) is 6.53. The van der Waals surface area contributed by atoms with E-state index in [1.54, 1.807) is 13.2 Å². The van der Waals surface area contributed by atoms with E-state index in [9.17, 15) is 9.50 Å². The predicted molar refractivity (Wildman–Crippen MR) is 70.7 cm³/mol. The molecule has 0 saturated heterocycles. The quantitative estimate of drug-likeness (QED) is 0.918. The second kappa shape index (κ2) is 5.50. The first-order chi connectivity index (χ1) is 8.60. The van der Waals surface area contributed by atoms with Gasteiger partial charge in [0.05, 0.1) is 13.2 Å². The summed E-state index contributed by atoms with van der Waals surface area (Å²) < 4.78 is 18.2. The predicted octanol–water partition coefficient (Wildman–Crippen LogP) is 3.48. The largest absolute Gasteiger partial charge is 0.496 e. The van der Waals surface area contributed by atoms with E-state index < -0.39 is 6.10 Å². The highest BCUT2D eigenvalue weighted by atomic mass is 32.1. The Kier molecular flexibility index (Phi) is 3.99. The van der Waals surface area contributed by atoms with Gasteiger partial charge in [0, 0.05) is 16.7 Å². The fraction of sp³-hybridized carbons (Fsp3) is 0.286. The molecule has 4 heteroatoms. The van der Waals surface area contributed by atoms with E-state index in [1.807, 2.05) is 18.4 Å². The highest BCUT2D eigenvalue weighted by Gasteiger charge is 2.13. The minimum atomic E-state index is -0.626. The molecular weight excluding hydrogens is 251 g/mol. The van der Waals surface area contributed by atoms with Crippen LogP contribution in [0.3, 0.4) is 0 Å². The van der Waals surface area contributed by atoms with Crippen molar-refractivity contribution < 1.29 is 14.2 Å². The highest BCUT2D eigenvalue weighted by Crippen LogP contribution is 2.29. The minimum absolute atomic E-state index is 0.272. The summed E-state index contributed by atoms with van der Waals surface area (Å²) in [6.07, 6.45) is -0.216. The van der Waals surface area contributed by atoms with Crippen molar-refractivity contribution in [2.45, 2.75) is 19.4 Å². The molecule has 2 rings (SSSR count). The minimum Gasteiger partial charge on any atom is -0.496 e. The van der Waals surface area contributed by atoms with Crippen molar-refractivity contribution in [1.29, 1.82) is 0 Å². The number of aliphatic hydroxyl groups excluding tert-OH is 1. The molecular formula is C14H15FO2S. The molecule has 0 fully saturated rings. The summed E-state index contributed by atoms with van der Waals surface area (Å²) in [6.45, 7) is 1.91. The van der Waals surface area contributed by atoms with E-state index in [0.717, 1.165) is 21.8 Å². The maximum atomic E-state index is 13.2. The first kappa shape index (κ1) is 13.1. The summed E-state index contributed by atoms with van der Waals surface area (Å²) in [5, 5.41) is 12.0. The number of aliphatic hydroxyl groups is 1. The van der Waals surface area contributed by atoms with Crippen LogP contribution in [-0.4, -0.2) is 12.2 Å². The Labute approximate surface area is 110 Å². The molecule has 1 aromatic heterocycles. The number of aryl methyl sites for hydroxylation is 1. The molecule has 18 heavy (non-hydrogen) atoms. The molecule has 0 saturated carbocycles. The van der Waals surface area contributed by atoms with Crippen LogP contribution >= 0.6 is 11.3 Å². The van der Waals surface area contributed by atoms with Crippen LogP contribution in [0.5, 0.6) is 5.75 Å². The Morgan fingerprint density at radius 2 is 2.17 bits per heavy atom. The molecule has 0 aliphatic rings. The smallest absolute Gasteiger partial charge is 0.129 e. The number of benzene rings is 1. The van der Waals surface area contributed by atoms with Crippen molar-refractivity contribution in [3.63, 3.8) is 0 Å². The Morgan fingerprint density at radius 3 is 2.83 bits per heavy atom. The van der Waals surface area contributed by atoms with Gasteiger partial charge in [-0.15, -0.1) is 11.3 Å². The molecule has 0 bridgehead atoms. The van der Waals surface area contributed by atoms with Gasteiger partial charge >= 0.3 is 0 Å². The number of hydrogen-bond acceptors (Lipinski definition) is 3. The lowest BCUT2D eigenvalue weighted by atomic mass is 10.0. The van der Waals surface area contributed by atoms with Crippen LogP contribution in [0.4, 0.5) is 4.39 Å². The number of methoxy groups -OCH3 is 1. The molecule has 0 radical (unpaired) electrons. The zero-order valence-electron chi connectivity index (χ0n) is 10.3. The Morgan fingerprint density at radius 1 is 1.39 bits per heavy atom. The van der Waals surface area contributed by atoms with Gasteiger partial charge in [-0.25, -0.2) is 4.39 Å². The molecule has 2 aromatic rings. The van der Waals surface area contributed by atoms with Crippen molar-refractivity contribution in [1.82, 2.24) is 0 Å². The van der Waals surface area contributed by atoms with Crippen LogP contribution < -0.4 is 4.74 Å². The van der Waals surface area contributed by atoms with Crippen molar-refractivity contribution in [2.24, 2.45) is 0 Å². The van der Waals surface area contributed by atoms with Crippen molar-refractivity contribution in [3.8, 4) is 5.75 Å². The maximum absolute atomic E-state index is 13.2. The standard InChI is InChI=1S/C14H15FO2S/c1-9-3-4-11(15)5-10(9)6-13(16)14-7-12(17-2)8-18-14/h3-5,7-8,13,16H,6H2,1-2H3. The van der Waals surface area contributed by atoms with Gasteiger partial charge in [0.1, 0.15) is 11.6 Å². The lowest BCUT2D eigenvalue weighted by Crippen LogP contribution is -2.01. The van der Waals surface area contributed by atoms with Gasteiger partial charge < -0.3 is 9.84 Å². The van der Waals surface area contributed by atoms with Gasteiger partial charge in [-0.1, -0.05) is 6.07 Å². The monoisotopic (exact) mass is 266 g/mol. The van der Waals surface area contributed by atoms with Crippen molar-refractivity contribution >= 4 is 11.3 Å². The number of hydrogen-bond donors (Lipinski definition) is 1. The normalized spacial score (nSPS) is 12.4. The fourth-order valence-electron chi connectivity index (χ4n) is 1.78. The number of rotatable bonds is 4. The maximum Gasteiger partial charge on any atom is 0.129 e. The molecule has 1 unspecified atom stereocenters. The van der Waals surface area contributed by atoms with Gasteiger partial charge in [0.25, 0.3) is 0 Å². The number of halogens is 1. The summed E-state index contributed by atoms with van der Waals surface area (Å²) in [4.78, 5) is 0.829. The first-order valence-electron chi connectivity index (χ1n) is 5.65. The van der Waals surface area contributed by atoms with Crippen LogP contribution in [0.25, 0.3) is 0 Å². The van der Waals surface area contributed by atoms with Crippen LogP contribution in [0.15, 0.2) is 29.6 Å². The van der Waals surface area contributed by atoms with Gasteiger partial charge in [-0.3, -0.25) is 0 Å². The molecule has 0 spiro atoms. The van der Waals surface area contributed by atoms with Crippen molar-refractivity contribution in [2.75, 3.05) is 7.11 Å². The second-order valence-corrected chi connectivity index (χ2v) is 5.12. The summed E-state index contributed by atoms with van der Waals surface area (Å²) in [7, 11) is 1.59. The molecule has 0 aliphatic heterocycles. The second-order valence-electron chi connectivity index (χ2n) is 4.18. The summed E-state index contributed by atoms with van der Waals surface area (Å²) in [5.74, 6) is 0.469. The summed E-state index contributed by atoms with van der Waals surface area (Å²) >= 11 is 1.44.